The number of nitrogens with one attached hydrogen (secondary N) is 1. The maximum atomic E-state index is 4.00. The normalized spacial score (nSPS) is 15.1. The Balaban J connectivity index is 1.04. The van der Waals surface area contributed by atoms with Crippen molar-refractivity contribution in [2.24, 2.45) is 0 Å². The lowest BCUT2D eigenvalue weighted by Crippen LogP contribution is -2.31. The molecule has 2 aliphatic carbocycles. The number of rotatable bonds is 4. The molecule has 2 heterocycles. The number of nitrogens with zero attached hydrogens (tertiary/aromatic N) is 1. The fraction of sp³-hybridized carbons (Fsp3) is 0.0933. The first kappa shape index (κ1) is 44.1. The Kier molecular flexibility index (Phi) is 9.10. The highest BCUT2D eigenvalue weighted by Crippen LogP contribution is 2.65. The second kappa shape index (κ2) is 15.9. The molecule has 2 heteroatoms. The first-order valence-electron chi connectivity index (χ1n) is 27.3. The van der Waals surface area contributed by atoms with Crippen molar-refractivity contribution in [3.8, 4) is 55.6 Å². The fourth-order valence-corrected chi connectivity index (χ4v) is 14.9. The van der Waals surface area contributed by atoms with E-state index in [9.17, 15) is 0 Å². The summed E-state index contributed by atoms with van der Waals surface area (Å²) in [5.74, 6) is 0. The Morgan fingerprint density at radius 1 is 0.299 bits per heavy atom. The molecule has 0 bridgehead atoms. The van der Waals surface area contributed by atoms with E-state index >= 15 is 0 Å². The van der Waals surface area contributed by atoms with Crippen LogP contribution in [0.15, 0.2) is 249 Å². The van der Waals surface area contributed by atoms with Crippen LogP contribution < -0.4 is 10.2 Å². The molecule has 0 atom stereocenters. The van der Waals surface area contributed by atoms with Gasteiger partial charge in [0.2, 0.25) is 0 Å². The number of fused-ring (bicyclic) bond motifs is 16. The Labute approximate surface area is 450 Å². The van der Waals surface area contributed by atoms with E-state index in [0.717, 1.165) is 11.4 Å². The van der Waals surface area contributed by atoms with Crippen LogP contribution in [0.2, 0.25) is 0 Å². The molecule has 4 aliphatic rings. The first-order valence-corrected chi connectivity index (χ1v) is 27.3. The van der Waals surface area contributed by atoms with Gasteiger partial charge in [-0.25, -0.2) is 0 Å². The van der Waals surface area contributed by atoms with Crippen molar-refractivity contribution in [1.82, 2.24) is 0 Å². The van der Waals surface area contributed by atoms with Crippen LogP contribution in [0.25, 0.3) is 77.2 Å². The molecule has 2 aliphatic heterocycles. The van der Waals surface area contributed by atoms with E-state index in [1.165, 1.54) is 139 Å². The average molecular weight is 983 g/mol. The molecule has 12 aromatic carbocycles. The molecule has 0 amide bonds. The molecule has 364 valence electrons. The third kappa shape index (κ3) is 5.80. The van der Waals surface area contributed by atoms with Crippen molar-refractivity contribution in [2.75, 3.05) is 10.2 Å². The van der Waals surface area contributed by atoms with E-state index in [1.54, 1.807) is 0 Å². The second-order valence-electron chi connectivity index (χ2n) is 22.7. The van der Waals surface area contributed by atoms with Crippen molar-refractivity contribution in [1.29, 1.82) is 0 Å². The summed E-state index contributed by atoms with van der Waals surface area (Å²) >= 11 is 0. The number of hydrogen-bond donors (Lipinski definition) is 1. The maximum Gasteiger partial charge on any atom is 0.0725 e. The molecule has 0 saturated heterocycles. The van der Waals surface area contributed by atoms with Crippen molar-refractivity contribution < 1.29 is 0 Å². The molecule has 77 heavy (non-hydrogen) atoms. The highest BCUT2D eigenvalue weighted by atomic mass is 15.2. The Morgan fingerprint density at radius 2 is 0.753 bits per heavy atom. The summed E-state index contributed by atoms with van der Waals surface area (Å²) in [5, 5.41) is 8.91. The largest absolute Gasteiger partial charge is 0.355 e. The third-order valence-electron chi connectivity index (χ3n) is 18.3. The van der Waals surface area contributed by atoms with Gasteiger partial charge in [-0.15, -0.1) is 0 Å². The zero-order valence-corrected chi connectivity index (χ0v) is 43.6. The molecule has 0 fully saturated rings. The summed E-state index contributed by atoms with van der Waals surface area (Å²) in [6.45, 7) is 9.54. The highest BCUT2D eigenvalue weighted by molar-refractivity contribution is 6.22. The van der Waals surface area contributed by atoms with Crippen LogP contribution in [0.5, 0.6) is 0 Å². The smallest absolute Gasteiger partial charge is 0.0725 e. The Bertz CT molecular complexity index is 4450. The maximum absolute atomic E-state index is 4.00. The third-order valence-corrected chi connectivity index (χ3v) is 18.3. The number of benzene rings is 12. The standard InChI is InChI=1S/C75H54N2/c1-73(2)62-38-14-16-43-67(62)76-71-53(32-20-41-65(71)73)47-28-18-30-51-57(47)45-58-48(54-33-21-42-66-72(54)77(46-23-6-5-7-24-46)68-44-17-15-39-63(68)74(66,3)4)29-19-31-52(58)69(51)56-34-22-40-64-70(56)55-27-10-13-37-61(55)75(64)59-35-11-8-25-49(59)50-26-9-12-36-60(50)75/h5-45,76H,1-4H3. The van der Waals surface area contributed by atoms with Gasteiger partial charge in [-0.3, -0.25) is 0 Å². The zero-order chi connectivity index (χ0) is 51.4. The molecule has 0 unspecified atom stereocenters. The minimum absolute atomic E-state index is 0.211. The number of anilines is 5. The van der Waals surface area contributed by atoms with Crippen molar-refractivity contribution in [2.45, 2.75) is 43.9 Å². The van der Waals surface area contributed by atoms with Crippen LogP contribution in [0.3, 0.4) is 0 Å². The highest BCUT2D eigenvalue weighted by Gasteiger charge is 2.52. The van der Waals surface area contributed by atoms with Crippen LogP contribution in [-0.4, -0.2) is 0 Å². The van der Waals surface area contributed by atoms with Crippen molar-refractivity contribution in [3.63, 3.8) is 0 Å². The summed E-state index contributed by atoms with van der Waals surface area (Å²) in [7, 11) is 0. The summed E-state index contributed by atoms with van der Waals surface area (Å²) in [6.07, 6.45) is 0. The first-order chi connectivity index (χ1) is 37.8. The molecule has 1 spiro atoms. The van der Waals surface area contributed by atoms with E-state index in [4.69, 9.17) is 0 Å². The second-order valence-corrected chi connectivity index (χ2v) is 22.7. The van der Waals surface area contributed by atoms with Gasteiger partial charge >= 0.3 is 0 Å². The number of para-hydroxylation sites is 5. The topological polar surface area (TPSA) is 15.3 Å². The quantitative estimate of drug-likeness (QED) is 0.177. The minimum Gasteiger partial charge on any atom is -0.355 e. The molecule has 0 aromatic heterocycles. The van der Waals surface area contributed by atoms with Crippen molar-refractivity contribution in [3.05, 3.63) is 293 Å². The van der Waals surface area contributed by atoms with Crippen LogP contribution >= 0.6 is 0 Å². The lowest BCUT2D eigenvalue weighted by Gasteiger charge is -2.43. The molecule has 0 saturated carbocycles. The van der Waals surface area contributed by atoms with E-state index in [1.807, 2.05) is 0 Å². The molecule has 2 nitrogen and oxygen atoms in total. The summed E-state index contributed by atoms with van der Waals surface area (Å²) in [4.78, 5) is 2.52. The Hall–Kier alpha value is -9.24. The monoisotopic (exact) mass is 982 g/mol. The van der Waals surface area contributed by atoms with Crippen LogP contribution in [0.4, 0.5) is 28.4 Å². The van der Waals surface area contributed by atoms with E-state index in [-0.39, 0.29) is 10.8 Å². The van der Waals surface area contributed by atoms with Gasteiger partial charge in [0.1, 0.15) is 0 Å². The van der Waals surface area contributed by atoms with Crippen LogP contribution in [0, 0.1) is 0 Å². The predicted molar refractivity (Wildman–Crippen MR) is 323 cm³/mol. The minimum atomic E-state index is -0.475. The molecule has 1 N–H and O–H groups in total. The number of hydrogen-bond acceptors (Lipinski definition) is 2. The van der Waals surface area contributed by atoms with Gasteiger partial charge in [-0.1, -0.05) is 246 Å². The van der Waals surface area contributed by atoms with Gasteiger partial charge < -0.3 is 10.2 Å². The Morgan fingerprint density at radius 3 is 1.44 bits per heavy atom. The molecular formula is C75H54N2. The van der Waals surface area contributed by atoms with Gasteiger partial charge in [-0.05, 0) is 141 Å². The van der Waals surface area contributed by atoms with Crippen LogP contribution in [0.1, 0.15) is 72.2 Å². The molecule has 12 aromatic rings. The van der Waals surface area contributed by atoms with Crippen molar-refractivity contribution >= 4 is 50.0 Å². The summed E-state index contributed by atoms with van der Waals surface area (Å²) in [5.41, 5.74) is 28.1. The van der Waals surface area contributed by atoms with Gasteiger partial charge in [0.25, 0.3) is 0 Å². The van der Waals surface area contributed by atoms with E-state index in [2.05, 4.69) is 287 Å². The summed E-state index contributed by atoms with van der Waals surface area (Å²) < 4.78 is 0. The SMILES string of the molecule is CC1(C)c2ccccc2Nc2c(-c3cccc4c(-c5cccc6c5-c5ccccc5C65c6ccccc6-c6ccccc65)c5cccc(-c6cccc7c6N(c6ccccc6)c6ccccc6C7(C)C)c5cc34)cccc21. The average Bonchev–Trinajstić information content (AvgIpc) is 4.15. The zero-order valence-electron chi connectivity index (χ0n) is 43.6. The van der Waals surface area contributed by atoms with E-state index < -0.39 is 5.41 Å². The van der Waals surface area contributed by atoms with E-state index in [0.29, 0.717) is 0 Å². The van der Waals surface area contributed by atoms with Crippen LogP contribution in [-0.2, 0) is 16.2 Å². The molecule has 0 radical (unpaired) electrons. The lowest BCUT2D eigenvalue weighted by molar-refractivity contribution is 0.632. The predicted octanol–water partition coefficient (Wildman–Crippen LogP) is 19.8. The summed E-state index contributed by atoms with van der Waals surface area (Å²) in [6, 6.07) is 94.1. The van der Waals surface area contributed by atoms with Gasteiger partial charge in [0.15, 0.2) is 0 Å². The fourth-order valence-electron chi connectivity index (χ4n) is 14.9. The molecular weight excluding hydrogens is 929 g/mol. The lowest BCUT2D eigenvalue weighted by atomic mass is 9.70. The van der Waals surface area contributed by atoms with Gasteiger partial charge in [0, 0.05) is 33.3 Å². The molecule has 16 rings (SSSR count). The van der Waals surface area contributed by atoms with Gasteiger partial charge in [-0.2, -0.15) is 0 Å². The van der Waals surface area contributed by atoms with Gasteiger partial charge in [0.05, 0.1) is 22.5 Å².